The van der Waals surface area contributed by atoms with Crippen molar-refractivity contribution in [2.75, 3.05) is 0 Å². The minimum atomic E-state index is -8.60. The molecule has 0 saturated carbocycles. The molecule has 0 aliphatic heterocycles. The van der Waals surface area contributed by atoms with Gasteiger partial charge in [0.1, 0.15) is 0 Å². The Morgan fingerprint density at radius 1 is 0.481 bits per heavy atom. The van der Waals surface area contributed by atoms with Crippen molar-refractivity contribution in [1.29, 1.82) is 0 Å². The van der Waals surface area contributed by atoms with Crippen molar-refractivity contribution in [2.24, 2.45) is 0 Å². The first-order valence-electron chi connectivity index (χ1n) is 5.05. The predicted octanol–water partition coefficient (Wildman–Crippen LogP) is 3.56. The van der Waals surface area contributed by atoms with Gasteiger partial charge in [0.05, 0.1) is 0 Å². The van der Waals surface area contributed by atoms with Crippen molar-refractivity contribution in [3.8, 4) is 0 Å². The summed E-state index contributed by atoms with van der Waals surface area (Å²) in [5, 5.41) is -7.70. The van der Waals surface area contributed by atoms with E-state index in [9.17, 15) is 74.3 Å². The summed E-state index contributed by atoms with van der Waals surface area (Å²) in [6, 6.07) is 0. The van der Waals surface area contributed by atoms with Gasteiger partial charge in [0.2, 0.25) is 0 Å². The standard InChI is InChI=1S/C7HF15O3S.K.H/c8-1(9,2(10,11)4(14,15)6(18,19)20)3(12,13)5(16,17)7(21,22)26(23,24)25;;/h(H,23,24,25);;. The van der Waals surface area contributed by atoms with E-state index in [1.807, 2.05) is 0 Å². The molecule has 1 N–H and O–H groups in total. The molecule has 0 fully saturated rings. The van der Waals surface area contributed by atoms with E-state index in [2.05, 4.69) is 0 Å². The van der Waals surface area contributed by atoms with Gasteiger partial charge in [0, 0.05) is 0 Å². The zero-order valence-corrected chi connectivity index (χ0v) is 11.7. The summed E-state index contributed by atoms with van der Waals surface area (Å²) >= 11 is 0. The van der Waals surface area contributed by atoms with Gasteiger partial charge >= 0.3 is 103 Å². The molecule has 0 aromatic carbocycles. The third-order valence-corrected chi connectivity index (χ3v) is 3.53. The molecule has 0 heterocycles. The first-order chi connectivity index (χ1) is 10.8. The van der Waals surface area contributed by atoms with Gasteiger partial charge < -0.3 is 0 Å². The van der Waals surface area contributed by atoms with Crippen molar-refractivity contribution in [1.82, 2.24) is 0 Å². The number of hydrogen-bond donors (Lipinski definition) is 1. The molecular formula is C7H2F15KO3S. The number of alkyl halides is 15. The van der Waals surface area contributed by atoms with Crippen molar-refractivity contribution in [2.45, 2.75) is 41.0 Å². The normalized spacial score (nSPS) is 16.1. The fourth-order valence-corrected chi connectivity index (χ4v) is 1.57. The molecule has 0 saturated heterocycles. The second-order valence-corrected chi connectivity index (χ2v) is 5.82. The fraction of sp³-hybridized carbons (Fsp3) is 1.00. The van der Waals surface area contributed by atoms with E-state index in [0.29, 0.717) is 0 Å². The molecule has 0 unspecified atom stereocenters. The van der Waals surface area contributed by atoms with Gasteiger partial charge in [-0.2, -0.15) is 74.3 Å². The van der Waals surface area contributed by atoms with E-state index in [1.54, 1.807) is 0 Å². The average Bonchev–Trinajstić information content (AvgIpc) is 2.34. The number of rotatable bonds is 6. The quantitative estimate of drug-likeness (QED) is 0.352. The van der Waals surface area contributed by atoms with E-state index in [0.717, 1.165) is 0 Å². The van der Waals surface area contributed by atoms with Gasteiger partial charge in [-0.1, -0.05) is 0 Å². The first kappa shape index (κ1) is 29.7. The maximum absolute atomic E-state index is 12.9. The van der Waals surface area contributed by atoms with Crippen LogP contribution in [0.4, 0.5) is 65.9 Å². The van der Waals surface area contributed by atoms with Crippen molar-refractivity contribution in [3.63, 3.8) is 0 Å². The fourth-order valence-electron chi connectivity index (χ4n) is 1.11. The van der Waals surface area contributed by atoms with Gasteiger partial charge in [0.25, 0.3) is 0 Å². The zero-order valence-electron chi connectivity index (χ0n) is 10.8. The number of halogens is 15. The molecule has 0 atom stereocenters. The minimum absolute atomic E-state index is 0. The molecule has 160 valence electrons. The van der Waals surface area contributed by atoms with Gasteiger partial charge in [-0.25, -0.2) is 0 Å². The molecule has 0 aromatic heterocycles. The van der Waals surface area contributed by atoms with Crippen molar-refractivity contribution < 1.29 is 78.8 Å². The topological polar surface area (TPSA) is 54.4 Å². The van der Waals surface area contributed by atoms with Gasteiger partial charge in [0.15, 0.2) is 0 Å². The van der Waals surface area contributed by atoms with E-state index in [4.69, 9.17) is 4.55 Å². The Bertz CT molecular complexity index is 651. The van der Waals surface area contributed by atoms with E-state index in [-0.39, 0.29) is 51.4 Å². The Morgan fingerprint density at radius 3 is 0.926 bits per heavy atom. The third-order valence-electron chi connectivity index (χ3n) is 2.62. The molecule has 0 rings (SSSR count). The molecule has 0 amide bonds. The Hall–Kier alpha value is 0.496. The van der Waals surface area contributed by atoms with Crippen LogP contribution >= 0.6 is 0 Å². The summed E-state index contributed by atoms with van der Waals surface area (Å²) in [5.41, 5.74) is 0. The van der Waals surface area contributed by atoms with Gasteiger partial charge in [-0.3, -0.25) is 4.55 Å². The molecule has 3 nitrogen and oxygen atoms in total. The summed E-state index contributed by atoms with van der Waals surface area (Å²) in [4.78, 5) is 0. The van der Waals surface area contributed by atoms with Crippen LogP contribution in [0.15, 0.2) is 0 Å². The van der Waals surface area contributed by atoms with Crippen LogP contribution in [0.3, 0.4) is 0 Å². The molecule has 0 aromatic rings. The van der Waals surface area contributed by atoms with Crippen molar-refractivity contribution >= 4 is 61.5 Å². The zero-order chi connectivity index (χ0) is 22.0. The summed E-state index contributed by atoms with van der Waals surface area (Å²) in [6.45, 7) is 0. The second-order valence-electron chi connectivity index (χ2n) is 4.36. The summed E-state index contributed by atoms with van der Waals surface area (Å²) in [6.07, 6.45) is -7.75. The van der Waals surface area contributed by atoms with Crippen LogP contribution in [-0.2, 0) is 10.1 Å². The van der Waals surface area contributed by atoms with Gasteiger partial charge in [-0.15, -0.1) is 0 Å². The Morgan fingerprint density at radius 2 is 0.704 bits per heavy atom. The monoisotopic (exact) mass is 490 g/mol. The van der Waals surface area contributed by atoms with Gasteiger partial charge in [-0.05, 0) is 0 Å². The summed E-state index contributed by atoms with van der Waals surface area (Å²) < 4.78 is 215. The molecule has 0 aliphatic carbocycles. The second kappa shape index (κ2) is 7.32. The van der Waals surface area contributed by atoms with Crippen LogP contribution in [0, 0.1) is 0 Å². The van der Waals surface area contributed by atoms with Crippen LogP contribution in [0.1, 0.15) is 0 Å². The Kier molecular flexibility index (Phi) is 8.05. The third kappa shape index (κ3) is 3.94. The molecule has 20 heteroatoms. The van der Waals surface area contributed by atoms with Crippen molar-refractivity contribution in [3.05, 3.63) is 0 Å². The SMILES string of the molecule is O=S(=O)(O)C(F)(F)C(F)(F)C(F)(F)C(F)(F)C(F)(F)C(F)(F)C(F)(F)F.[KH]. The van der Waals surface area contributed by atoms with E-state index in [1.165, 1.54) is 0 Å². The van der Waals surface area contributed by atoms with E-state index < -0.39 is 51.2 Å². The van der Waals surface area contributed by atoms with Crippen LogP contribution in [0.5, 0.6) is 0 Å². The summed E-state index contributed by atoms with van der Waals surface area (Å²) in [5.74, 6) is -42.0. The first-order valence-corrected chi connectivity index (χ1v) is 6.49. The average molecular weight is 490 g/mol. The maximum atomic E-state index is 12.9. The van der Waals surface area contributed by atoms with E-state index >= 15 is 0 Å². The Labute approximate surface area is 180 Å². The van der Waals surface area contributed by atoms with Crippen LogP contribution in [0.2, 0.25) is 0 Å². The molecule has 0 bridgehead atoms. The van der Waals surface area contributed by atoms with Crippen LogP contribution < -0.4 is 0 Å². The van der Waals surface area contributed by atoms with Crippen LogP contribution in [0.25, 0.3) is 0 Å². The Balaban J connectivity index is 0. The molecular weight excluding hydrogens is 488 g/mol. The molecule has 0 aliphatic rings. The number of hydrogen-bond acceptors (Lipinski definition) is 2. The molecule has 0 spiro atoms. The molecule has 0 radical (unpaired) electrons. The summed E-state index contributed by atoms with van der Waals surface area (Å²) in [7, 11) is -7.76. The molecule has 27 heavy (non-hydrogen) atoms. The predicted molar refractivity (Wildman–Crippen MR) is 54.4 cm³/mol. The van der Waals surface area contributed by atoms with Crippen LogP contribution in [-0.4, -0.2) is 105 Å².